The number of nitrogens with one attached hydrogen (secondary N) is 1. The van der Waals surface area contributed by atoms with Gasteiger partial charge >= 0.3 is 0 Å². The van der Waals surface area contributed by atoms with Crippen LogP contribution in [0.2, 0.25) is 0 Å². The van der Waals surface area contributed by atoms with Gasteiger partial charge < -0.3 is 5.32 Å². The molecule has 0 bridgehead atoms. The third kappa shape index (κ3) is 5.16. The van der Waals surface area contributed by atoms with E-state index in [2.05, 4.69) is 5.32 Å². The largest absolute Gasteiger partial charge is 0.319 e. The summed E-state index contributed by atoms with van der Waals surface area (Å²) in [4.78, 5) is 0. The van der Waals surface area contributed by atoms with Crippen LogP contribution < -0.4 is 10.5 Å². The van der Waals surface area contributed by atoms with E-state index in [9.17, 15) is 17.2 Å². The molecular weight excluding hydrogens is 418 g/mol. The smallest absolute Gasteiger partial charge is 0.212 e. The minimum Gasteiger partial charge on any atom is -0.319 e. The Hall–Kier alpha value is -1.83. The van der Waals surface area contributed by atoms with Crippen LogP contribution in [0, 0.1) is 23.5 Å². The van der Waals surface area contributed by atoms with Gasteiger partial charge in [0.25, 0.3) is 0 Å². The minimum absolute atomic E-state index is 0.105. The van der Waals surface area contributed by atoms with Crippen LogP contribution in [0.15, 0.2) is 36.4 Å². The monoisotopic (exact) mass is 448 g/mol. The fraction of sp³-hybridized carbons (Fsp3) is 0.500. The van der Waals surface area contributed by atoms with Gasteiger partial charge in [-0.2, -0.15) is 0 Å². The van der Waals surface area contributed by atoms with Crippen molar-refractivity contribution in [2.45, 2.75) is 49.7 Å². The van der Waals surface area contributed by atoms with E-state index in [1.807, 2.05) is 19.2 Å². The van der Waals surface area contributed by atoms with Gasteiger partial charge in [0.1, 0.15) is 11.6 Å². The van der Waals surface area contributed by atoms with Crippen LogP contribution in [0.3, 0.4) is 0 Å². The van der Waals surface area contributed by atoms with Crippen molar-refractivity contribution in [1.29, 1.82) is 0 Å². The molecule has 0 radical (unpaired) electrons. The minimum atomic E-state index is -3.63. The molecule has 0 aromatic heterocycles. The molecule has 1 fully saturated rings. The van der Waals surface area contributed by atoms with E-state index in [0.29, 0.717) is 30.7 Å². The third-order valence-electron chi connectivity index (χ3n) is 6.84. The second kappa shape index (κ2) is 8.96. The van der Waals surface area contributed by atoms with Crippen LogP contribution >= 0.6 is 0 Å². The van der Waals surface area contributed by atoms with E-state index in [0.717, 1.165) is 42.5 Å². The van der Waals surface area contributed by atoms with Crippen molar-refractivity contribution < 1.29 is 17.2 Å². The molecule has 0 amide bonds. The molecule has 0 spiro atoms. The van der Waals surface area contributed by atoms with Crippen LogP contribution in [0.25, 0.3) is 0 Å². The normalized spacial score (nSPS) is 21.8. The lowest BCUT2D eigenvalue weighted by Crippen LogP contribution is -2.30. The lowest BCUT2D eigenvalue weighted by Gasteiger charge is -2.21. The van der Waals surface area contributed by atoms with Gasteiger partial charge in [-0.25, -0.2) is 22.3 Å². The van der Waals surface area contributed by atoms with Crippen LogP contribution in [-0.2, 0) is 29.3 Å². The number of primary sulfonamides is 1. The Morgan fingerprint density at radius 1 is 1.19 bits per heavy atom. The van der Waals surface area contributed by atoms with Crippen LogP contribution in [0.1, 0.15) is 47.4 Å². The Labute approximate surface area is 183 Å². The number of sulfonamides is 1. The molecule has 168 valence electrons. The third-order valence-corrected chi connectivity index (χ3v) is 8.30. The highest BCUT2D eigenvalue weighted by Gasteiger charge is 2.38. The maximum absolute atomic E-state index is 14.9. The van der Waals surface area contributed by atoms with E-state index in [1.54, 1.807) is 18.2 Å². The Kier molecular flexibility index (Phi) is 6.47. The van der Waals surface area contributed by atoms with Gasteiger partial charge in [0.15, 0.2) is 0 Å². The zero-order valence-electron chi connectivity index (χ0n) is 17.8. The van der Waals surface area contributed by atoms with Crippen molar-refractivity contribution in [3.8, 4) is 0 Å². The highest BCUT2D eigenvalue weighted by molar-refractivity contribution is 7.89. The average Bonchev–Trinajstić information content (AvgIpc) is 3.46. The lowest BCUT2D eigenvalue weighted by atomic mass is 9.86. The van der Waals surface area contributed by atoms with E-state index in [-0.39, 0.29) is 23.5 Å². The second-order valence-corrected chi connectivity index (χ2v) is 10.9. The van der Waals surface area contributed by atoms with Gasteiger partial charge in [-0.1, -0.05) is 18.2 Å². The highest BCUT2D eigenvalue weighted by Crippen LogP contribution is 2.42. The van der Waals surface area contributed by atoms with Crippen molar-refractivity contribution in [3.63, 3.8) is 0 Å². The molecule has 3 atom stereocenters. The van der Waals surface area contributed by atoms with E-state index in [1.165, 1.54) is 6.07 Å². The average molecular weight is 449 g/mol. The maximum atomic E-state index is 14.9. The Bertz CT molecular complexity index is 1050. The molecule has 4 rings (SSSR count). The maximum Gasteiger partial charge on any atom is 0.212 e. The number of nitrogens with two attached hydrogens (primary N) is 1. The van der Waals surface area contributed by atoms with Crippen molar-refractivity contribution in [2.24, 2.45) is 17.0 Å². The molecule has 0 saturated heterocycles. The first-order chi connectivity index (χ1) is 14.8. The van der Waals surface area contributed by atoms with Gasteiger partial charge in [0.05, 0.1) is 5.25 Å². The van der Waals surface area contributed by atoms with Gasteiger partial charge in [-0.15, -0.1) is 0 Å². The summed E-state index contributed by atoms with van der Waals surface area (Å²) in [6.07, 6.45) is 3.89. The number of halogens is 2. The van der Waals surface area contributed by atoms with Crippen LogP contribution in [0.5, 0.6) is 0 Å². The Morgan fingerprint density at radius 3 is 2.61 bits per heavy atom. The molecule has 2 aromatic carbocycles. The molecule has 2 aliphatic rings. The van der Waals surface area contributed by atoms with Crippen molar-refractivity contribution in [1.82, 2.24) is 5.32 Å². The number of fused-ring (bicyclic) bond motifs is 1. The number of rotatable bonds is 9. The van der Waals surface area contributed by atoms with Gasteiger partial charge in [0, 0.05) is 0 Å². The first-order valence-corrected chi connectivity index (χ1v) is 12.6. The second-order valence-electron chi connectivity index (χ2n) is 9.11. The fourth-order valence-electron chi connectivity index (χ4n) is 5.18. The van der Waals surface area contributed by atoms with E-state index in [4.69, 9.17) is 5.14 Å². The Balaban J connectivity index is 1.59. The fourth-order valence-corrected chi connectivity index (χ4v) is 6.43. The molecular formula is C24H30F2N2O2S. The summed E-state index contributed by atoms with van der Waals surface area (Å²) in [6, 6.07) is 10.2. The van der Waals surface area contributed by atoms with E-state index < -0.39 is 15.3 Å². The molecule has 4 nitrogen and oxygen atoms in total. The van der Waals surface area contributed by atoms with Gasteiger partial charge in [0.2, 0.25) is 10.0 Å². The van der Waals surface area contributed by atoms with Crippen molar-refractivity contribution in [3.05, 3.63) is 70.3 Å². The molecule has 31 heavy (non-hydrogen) atoms. The summed E-state index contributed by atoms with van der Waals surface area (Å²) < 4.78 is 52.5. The molecule has 0 aliphatic heterocycles. The molecule has 1 saturated carbocycles. The van der Waals surface area contributed by atoms with Gasteiger partial charge in [-0.05, 0) is 110 Å². The highest BCUT2D eigenvalue weighted by atomic mass is 32.2. The zero-order valence-corrected chi connectivity index (χ0v) is 18.6. The van der Waals surface area contributed by atoms with Crippen molar-refractivity contribution in [2.75, 3.05) is 13.6 Å². The summed E-state index contributed by atoms with van der Waals surface area (Å²) in [7, 11) is -1.73. The standard InChI is InChI=1S/C24H30F2N2O2S/c1-28-14-19-11-18-13-23(26)17(7-8-24(16-5-6-16)31(27,29)30)12-22(18)21(19)10-15-3-2-4-20(25)9-15/h2-4,9,12-13,16,19,21,24,28H,5-8,10-11,14H2,1H3,(H2,27,29,30). The first-order valence-electron chi connectivity index (χ1n) is 11.0. The zero-order chi connectivity index (χ0) is 22.2. The molecule has 2 aliphatic carbocycles. The lowest BCUT2D eigenvalue weighted by molar-refractivity contribution is 0.435. The van der Waals surface area contributed by atoms with E-state index >= 15 is 0 Å². The van der Waals surface area contributed by atoms with Gasteiger partial charge in [-0.3, -0.25) is 0 Å². The topological polar surface area (TPSA) is 72.2 Å². The summed E-state index contributed by atoms with van der Waals surface area (Å²) in [5.74, 6) is 0.0166. The van der Waals surface area contributed by atoms with Crippen LogP contribution in [-0.4, -0.2) is 27.3 Å². The number of benzene rings is 2. The first kappa shape index (κ1) is 22.4. The number of hydrogen-bond acceptors (Lipinski definition) is 3. The quantitative estimate of drug-likeness (QED) is 0.615. The van der Waals surface area contributed by atoms with Crippen molar-refractivity contribution >= 4 is 10.0 Å². The van der Waals surface area contributed by atoms with Crippen LogP contribution in [0.4, 0.5) is 8.78 Å². The predicted octanol–water partition coefficient (Wildman–Crippen LogP) is 3.68. The number of aryl methyl sites for hydroxylation is 1. The molecule has 7 heteroatoms. The summed E-state index contributed by atoms with van der Waals surface area (Å²) in [6.45, 7) is 0.792. The summed E-state index contributed by atoms with van der Waals surface area (Å²) in [5, 5.41) is 8.06. The summed E-state index contributed by atoms with van der Waals surface area (Å²) >= 11 is 0. The molecule has 2 aromatic rings. The SMILES string of the molecule is CNCC1Cc2cc(F)c(CCC(C3CC3)S(N)(=O)=O)cc2C1Cc1cccc(F)c1. The molecule has 3 N–H and O–H groups in total. The number of hydrogen-bond donors (Lipinski definition) is 2. The molecule has 3 unspecified atom stereocenters. The summed E-state index contributed by atoms with van der Waals surface area (Å²) in [5.41, 5.74) is 3.56. The molecule has 0 heterocycles. The predicted molar refractivity (Wildman–Crippen MR) is 118 cm³/mol. The Morgan fingerprint density at radius 2 is 1.97 bits per heavy atom.